The van der Waals surface area contributed by atoms with Crippen LogP contribution in [-0.2, 0) is 4.79 Å². The molecule has 2 rings (SSSR count). The van der Waals surface area contributed by atoms with Crippen LogP contribution in [0, 0.1) is 11.8 Å². The van der Waals surface area contributed by atoms with Crippen molar-refractivity contribution in [1.82, 2.24) is 5.32 Å². The summed E-state index contributed by atoms with van der Waals surface area (Å²) in [5.41, 5.74) is 6.64. The molecule has 19 heavy (non-hydrogen) atoms. The Labute approximate surface area is 114 Å². The van der Waals surface area contributed by atoms with Gasteiger partial charge < -0.3 is 16.2 Å². The fourth-order valence-electron chi connectivity index (χ4n) is 2.86. The Morgan fingerprint density at radius 1 is 1.37 bits per heavy atom. The third-order valence-electron chi connectivity index (χ3n) is 4.00. The number of hydrogen-bond donors (Lipinski definition) is 3. The number of nitrogens with one attached hydrogen (secondary N) is 1. The zero-order chi connectivity index (χ0) is 13.7. The standard InChI is InChI=1S/C15H22N2O2/c16-9-12-7-4-8-13(12)15(19)17-14(10-18)11-5-2-1-3-6-11/h1-3,5-6,12-14,18H,4,7-10,16H2,(H,17,19). The molecule has 4 N–H and O–H groups in total. The Kier molecular flexibility index (Phi) is 4.93. The van der Waals surface area contributed by atoms with E-state index in [1.165, 1.54) is 0 Å². The van der Waals surface area contributed by atoms with E-state index >= 15 is 0 Å². The van der Waals surface area contributed by atoms with E-state index in [1.54, 1.807) is 0 Å². The molecule has 1 aromatic rings. The molecule has 3 unspecified atom stereocenters. The monoisotopic (exact) mass is 262 g/mol. The molecule has 4 heteroatoms. The van der Waals surface area contributed by atoms with Crippen molar-refractivity contribution in [3.05, 3.63) is 35.9 Å². The maximum absolute atomic E-state index is 12.3. The van der Waals surface area contributed by atoms with Gasteiger partial charge in [0.2, 0.25) is 5.91 Å². The van der Waals surface area contributed by atoms with Crippen LogP contribution in [0.2, 0.25) is 0 Å². The summed E-state index contributed by atoms with van der Waals surface area (Å²) in [6.45, 7) is 0.475. The van der Waals surface area contributed by atoms with Gasteiger partial charge in [0.1, 0.15) is 0 Å². The lowest BCUT2D eigenvalue weighted by molar-refractivity contribution is -0.127. The molecule has 1 aliphatic carbocycles. The molecule has 0 saturated heterocycles. The second-order valence-electron chi connectivity index (χ2n) is 5.19. The van der Waals surface area contributed by atoms with E-state index in [1.807, 2.05) is 30.3 Å². The maximum atomic E-state index is 12.3. The average Bonchev–Trinajstić information content (AvgIpc) is 2.94. The first-order valence-corrected chi connectivity index (χ1v) is 6.92. The van der Waals surface area contributed by atoms with E-state index < -0.39 is 0 Å². The Hall–Kier alpha value is -1.39. The van der Waals surface area contributed by atoms with Gasteiger partial charge in [0.25, 0.3) is 0 Å². The molecule has 0 heterocycles. The highest BCUT2D eigenvalue weighted by Gasteiger charge is 2.32. The summed E-state index contributed by atoms with van der Waals surface area (Å²) in [5, 5.41) is 12.4. The molecule has 0 aromatic heterocycles. The van der Waals surface area contributed by atoms with Crippen LogP contribution in [0.25, 0.3) is 0 Å². The van der Waals surface area contributed by atoms with Gasteiger partial charge in [-0.2, -0.15) is 0 Å². The van der Waals surface area contributed by atoms with Crippen LogP contribution in [0.1, 0.15) is 30.9 Å². The fourth-order valence-corrected chi connectivity index (χ4v) is 2.86. The molecule has 0 aliphatic heterocycles. The predicted octanol–water partition coefficient (Wildman–Crippen LogP) is 1.21. The number of rotatable bonds is 5. The molecule has 3 atom stereocenters. The number of benzene rings is 1. The largest absolute Gasteiger partial charge is 0.394 e. The summed E-state index contributed by atoms with van der Waals surface area (Å²) >= 11 is 0. The molecule has 104 valence electrons. The van der Waals surface area contributed by atoms with E-state index in [-0.39, 0.29) is 30.4 Å². The minimum atomic E-state index is -0.326. The lowest BCUT2D eigenvalue weighted by Crippen LogP contribution is -2.38. The highest BCUT2D eigenvalue weighted by Crippen LogP contribution is 2.31. The van der Waals surface area contributed by atoms with Gasteiger partial charge in [-0.3, -0.25) is 4.79 Å². The number of aliphatic hydroxyl groups is 1. The van der Waals surface area contributed by atoms with Crippen LogP contribution in [0.15, 0.2) is 30.3 Å². The summed E-state index contributed by atoms with van der Waals surface area (Å²) in [4.78, 5) is 12.3. The first-order chi connectivity index (χ1) is 9.26. The second-order valence-corrected chi connectivity index (χ2v) is 5.19. The fraction of sp³-hybridized carbons (Fsp3) is 0.533. The van der Waals surface area contributed by atoms with Crippen molar-refractivity contribution in [2.24, 2.45) is 17.6 Å². The van der Waals surface area contributed by atoms with Gasteiger partial charge in [-0.1, -0.05) is 36.8 Å². The summed E-state index contributed by atoms with van der Waals surface area (Å²) in [6, 6.07) is 9.23. The molecule has 1 amide bonds. The zero-order valence-electron chi connectivity index (χ0n) is 11.1. The van der Waals surface area contributed by atoms with Crippen molar-refractivity contribution >= 4 is 5.91 Å². The molecule has 0 spiro atoms. The van der Waals surface area contributed by atoms with Gasteiger partial charge >= 0.3 is 0 Å². The minimum Gasteiger partial charge on any atom is -0.394 e. The summed E-state index contributed by atoms with van der Waals surface area (Å²) in [5.74, 6) is 0.314. The molecule has 1 saturated carbocycles. The Morgan fingerprint density at radius 3 is 2.74 bits per heavy atom. The quantitative estimate of drug-likeness (QED) is 0.746. The number of carbonyl (C=O) groups excluding carboxylic acids is 1. The number of hydrogen-bond acceptors (Lipinski definition) is 3. The smallest absolute Gasteiger partial charge is 0.223 e. The van der Waals surface area contributed by atoms with Crippen LogP contribution in [0.5, 0.6) is 0 Å². The van der Waals surface area contributed by atoms with Gasteiger partial charge in [0, 0.05) is 5.92 Å². The molecule has 1 aliphatic rings. The highest BCUT2D eigenvalue weighted by molar-refractivity contribution is 5.79. The number of aliphatic hydroxyl groups excluding tert-OH is 1. The molecular weight excluding hydrogens is 240 g/mol. The van der Waals surface area contributed by atoms with Gasteiger partial charge in [-0.05, 0) is 30.9 Å². The van der Waals surface area contributed by atoms with E-state index in [9.17, 15) is 9.90 Å². The van der Waals surface area contributed by atoms with E-state index in [2.05, 4.69) is 5.32 Å². The molecule has 0 bridgehead atoms. The Morgan fingerprint density at radius 2 is 2.11 bits per heavy atom. The molecular formula is C15H22N2O2. The SMILES string of the molecule is NCC1CCCC1C(=O)NC(CO)c1ccccc1. The normalized spacial score (nSPS) is 24.1. The topological polar surface area (TPSA) is 75.4 Å². The maximum Gasteiger partial charge on any atom is 0.223 e. The van der Waals surface area contributed by atoms with Gasteiger partial charge in [-0.25, -0.2) is 0 Å². The van der Waals surface area contributed by atoms with Crippen LogP contribution in [-0.4, -0.2) is 24.2 Å². The number of amides is 1. The summed E-state index contributed by atoms with van der Waals surface area (Å²) in [7, 11) is 0. The van der Waals surface area contributed by atoms with Crippen LogP contribution in [0.4, 0.5) is 0 Å². The Balaban J connectivity index is 2.00. The van der Waals surface area contributed by atoms with Crippen LogP contribution >= 0.6 is 0 Å². The lowest BCUT2D eigenvalue weighted by Gasteiger charge is -2.22. The molecule has 1 aromatic carbocycles. The zero-order valence-corrected chi connectivity index (χ0v) is 11.1. The molecule has 0 radical (unpaired) electrons. The van der Waals surface area contributed by atoms with Crippen molar-refractivity contribution in [2.75, 3.05) is 13.2 Å². The van der Waals surface area contributed by atoms with E-state index in [4.69, 9.17) is 5.73 Å². The van der Waals surface area contributed by atoms with Gasteiger partial charge in [0.05, 0.1) is 12.6 Å². The summed E-state index contributed by atoms with van der Waals surface area (Å²) in [6.07, 6.45) is 3.00. The van der Waals surface area contributed by atoms with Crippen molar-refractivity contribution < 1.29 is 9.90 Å². The number of nitrogens with two attached hydrogens (primary N) is 1. The van der Waals surface area contributed by atoms with E-state index in [0.717, 1.165) is 24.8 Å². The van der Waals surface area contributed by atoms with Crippen LogP contribution < -0.4 is 11.1 Å². The predicted molar refractivity (Wildman–Crippen MR) is 74.3 cm³/mol. The minimum absolute atomic E-state index is 0.00256. The van der Waals surface area contributed by atoms with Gasteiger partial charge in [0.15, 0.2) is 0 Å². The third kappa shape index (κ3) is 3.33. The van der Waals surface area contributed by atoms with Crippen LogP contribution in [0.3, 0.4) is 0 Å². The molecule has 4 nitrogen and oxygen atoms in total. The first-order valence-electron chi connectivity index (χ1n) is 6.92. The first kappa shape index (κ1) is 14.0. The second kappa shape index (κ2) is 6.68. The third-order valence-corrected chi connectivity index (χ3v) is 4.00. The van der Waals surface area contributed by atoms with E-state index in [0.29, 0.717) is 6.54 Å². The van der Waals surface area contributed by atoms with Crippen molar-refractivity contribution in [2.45, 2.75) is 25.3 Å². The average molecular weight is 262 g/mol. The highest BCUT2D eigenvalue weighted by atomic mass is 16.3. The van der Waals surface area contributed by atoms with Crippen molar-refractivity contribution in [1.29, 1.82) is 0 Å². The van der Waals surface area contributed by atoms with Crippen molar-refractivity contribution in [3.63, 3.8) is 0 Å². The summed E-state index contributed by atoms with van der Waals surface area (Å²) < 4.78 is 0. The lowest BCUT2D eigenvalue weighted by atomic mass is 9.94. The molecule has 1 fully saturated rings. The van der Waals surface area contributed by atoms with Gasteiger partial charge in [-0.15, -0.1) is 0 Å². The Bertz CT molecular complexity index is 408. The number of carbonyl (C=O) groups is 1. The van der Waals surface area contributed by atoms with Crippen molar-refractivity contribution in [3.8, 4) is 0 Å².